The van der Waals surface area contributed by atoms with Crippen molar-refractivity contribution in [3.8, 4) is 0 Å². The van der Waals surface area contributed by atoms with Gasteiger partial charge in [0.15, 0.2) is 0 Å². The number of methoxy groups -OCH3 is 1. The molecule has 1 unspecified atom stereocenters. The standard InChI is InChI=1S/C10H15O/c1-11-9-10-7-5-3-2-4-6-8-10/h2-5,7,10H,6,8-9H2,1H3/q+1/b4-2-,7-5-. The molecular weight excluding hydrogens is 136 g/mol. The van der Waals surface area contributed by atoms with Gasteiger partial charge in [0.05, 0.1) is 6.61 Å². The van der Waals surface area contributed by atoms with Crippen LogP contribution in [-0.4, -0.2) is 13.7 Å². The number of hydrogen-bond acceptors (Lipinski definition) is 1. The smallest absolute Gasteiger partial charge is 0.0641 e. The highest BCUT2D eigenvalue weighted by molar-refractivity contribution is 5.11. The second kappa shape index (κ2) is 5.03. The first-order valence-corrected chi connectivity index (χ1v) is 4.09. The molecule has 0 aliphatic heterocycles. The van der Waals surface area contributed by atoms with Crippen molar-refractivity contribution in [2.24, 2.45) is 5.92 Å². The Labute approximate surface area is 68.8 Å². The topological polar surface area (TPSA) is 9.23 Å². The predicted octanol–water partition coefficient (Wildman–Crippen LogP) is 2.36. The van der Waals surface area contributed by atoms with E-state index < -0.39 is 0 Å². The van der Waals surface area contributed by atoms with Crippen molar-refractivity contribution in [2.75, 3.05) is 13.7 Å². The van der Waals surface area contributed by atoms with Crippen LogP contribution in [0.5, 0.6) is 0 Å². The van der Waals surface area contributed by atoms with Gasteiger partial charge in [0.25, 0.3) is 0 Å². The van der Waals surface area contributed by atoms with Gasteiger partial charge in [-0.05, 0) is 6.42 Å². The van der Waals surface area contributed by atoms with Gasteiger partial charge in [-0.3, -0.25) is 0 Å². The lowest BCUT2D eigenvalue weighted by Crippen LogP contribution is -2.05. The maximum Gasteiger partial charge on any atom is 0.0641 e. The second-order valence-electron chi connectivity index (χ2n) is 2.80. The average Bonchev–Trinajstić information content (AvgIpc) is 1.94. The highest BCUT2D eigenvalue weighted by Crippen LogP contribution is 2.12. The lowest BCUT2D eigenvalue weighted by atomic mass is 10.0. The van der Waals surface area contributed by atoms with Crippen LogP contribution in [0.4, 0.5) is 0 Å². The molecule has 0 N–H and O–H groups in total. The Morgan fingerprint density at radius 3 is 3.27 bits per heavy atom. The van der Waals surface area contributed by atoms with Crippen molar-refractivity contribution in [1.29, 1.82) is 0 Å². The summed E-state index contributed by atoms with van der Waals surface area (Å²) in [5.41, 5.74) is 0. The Morgan fingerprint density at radius 1 is 1.55 bits per heavy atom. The third kappa shape index (κ3) is 3.28. The molecule has 0 aromatic carbocycles. The molecule has 60 valence electrons. The van der Waals surface area contributed by atoms with Crippen LogP contribution in [0.15, 0.2) is 24.3 Å². The molecule has 0 heterocycles. The molecule has 0 fully saturated rings. The molecule has 0 amide bonds. The van der Waals surface area contributed by atoms with Gasteiger partial charge in [-0.15, -0.1) is 0 Å². The van der Waals surface area contributed by atoms with E-state index in [1.807, 2.05) is 0 Å². The molecule has 1 aliphatic rings. The van der Waals surface area contributed by atoms with Crippen molar-refractivity contribution >= 4 is 0 Å². The first-order valence-electron chi connectivity index (χ1n) is 4.09. The molecule has 1 heteroatoms. The van der Waals surface area contributed by atoms with Gasteiger partial charge < -0.3 is 4.74 Å². The molecule has 11 heavy (non-hydrogen) atoms. The molecule has 0 saturated heterocycles. The van der Waals surface area contributed by atoms with Gasteiger partial charge in [-0.2, -0.15) is 0 Å². The SMILES string of the molecule is COCC1/C=C\[CH+]/C=C\CC1. The van der Waals surface area contributed by atoms with Crippen LogP contribution < -0.4 is 0 Å². The molecule has 0 aromatic rings. The maximum absolute atomic E-state index is 5.09. The minimum Gasteiger partial charge on any atom is -0.383 e. The maximum atomic E-state index is 5.09. The first kappa shape index (κ1) is 8.41. The molecule has 1 nitrogen and oxygen atoms in total. The Bertz CT molecular complexity index is 147. The third-order valence-corrected chi connectivity index (χ3v) is 1.83. The van der Waals surface area contributed by atoms with Gasteiger partial charge >= 0.3 is 0 Å². The summed E-state index contributed by atoms with van der Waals surface area (Å²) in [6.45, 7) is 0.845. The minimum atomic E-state index is 0.598. The molecular formula is C10H15O+. The van der Waals surface area contributed by atoms with Gasteiger partial charge in [-0.25, -0.2) is 0 Å². The van der Waals surface area contributed by atoms with Crippen LogP contribution >= 0.6 is 0 Å². The van der Waals surface area contributed by atoms with Crippen LogP contribution in [0.25, 0.3) is 0 Å². The summed E-state index contributed by atoms with van der Waals surface area (Å²) >= 11 is 0. The van der Waals surface area contributed by atoms with Crippen LogP contribution in [0.1, 0.15) is 12.8 Å². The van der Waals surface area contributed by atoms with E-state index in [2.05, 4.69) is 30.7 Å². The Morgan fingerprint density at radius 2 is 2.45 bits per heavy atom. The lowest BCUT2D eigenvalue weighted by molar-refractivity contribution is 0.166. The zero-order valence-electron chi connectivity index (χ0n) is 6.99. The fourth-order valence-corrected chi connectivity index (χ4v) is 1.22. The van der Waals surface area contributed by atoms with Gasteiger partial charge in [0, 0.05) is 50.2 Å². The largest absolute Gasteiger partial charge is 0.383 e. The van der Waals surface area contributed by atoms with Crippen LogP contribution in [-0.2, 0) is 4.74 Å². The zero-order chi connectivity index (χ0) is 7.94. The van der Waals surface area contributed by atoms with Crippen molar-refractivity contribution in [3.05, 3.63) is 30.7 Å². The summed E-state index contributed by atoms with van der Waals surface area (Å²) < 4.78 is 5.09. The minimum absolute atomic E-state index is 0.598. The van der Waals surface area contributed by atoms with E-state index >= 15 is 0 Å². The van der Waals surface area contributed by atoms with Crippen LogP contribution in [0.3, 0.4) is 0 Å². The molecule has 0 radical (unpaired) electrons. The summed E-state index contributed by atoms with van der Waals surface area (Å²) in [4.78, 5) is 0. The van der Waals surface area contributed by atoms with E-state index in [9.17, 15) is 0 Å². The number of allylic oxidation sites excluding steroid dienone is 3. The third-order valence-electron chi connectivity index (χ3n) is 1.83. The van der Waals surface area contributed by atoms with E-state index in [1.165, 1.54) is 6.42 Å². The van der Waals surface area contributed by atoms with Crippen molar-refractivity contribution < 1.29 is 4.74 Å². The predicted molar refractivity (Wildman–Crippen MR) is 47.2 cm³/mol. The molecule has 0 saturated carbocycles. The fourth-order valence-electron chi connectivity index (χ4n) is 1.22. The summed E-state index contributed by atoms with van der Waals surface area (Å²) in [7, 11) is 1.76. The molecule has 0 spiro atoms. The Kier molecular flexibility index (Phi) is 3.84. The normalized spacial score (nSPS) is 29.7. The van der Waals surface area contributed by atoms with Crippen molar-refractivity contribution in [1.82, 2.24) is 0 Å². The van der Waals surface area contributed by atoms with Crippen molar-refractivity contribution in [3.63, 3.8) is 0 Å². The average molecular weight is 151 g/mol. The fraction of sp³-hybridized carbons (Fsp3) is 0.500. The molecule has 0 aromatic heterocycles. The number of rotatable bonds is 2. The van der Waals surface area contributed by atoms with Crippen LogP contribution in [0, 0.1) is 12.3 Å². The molecule has 1 aliphatic carbocycles. The molecule has 1 rings (SSSR count). The number of hydrogen-bond donors (Lipinski definition) is 0. The molecule has 1 atom stereocenters. The summed E-state index contributed by atoms with van der Waals surface area (Å²) in [6.07, 6.45) is 13.0. The highest BCUT2D eigenvalue weighted by atomic mass is 16.5. The highest BCUT2D eigenvalue weighted by Gasteiger charge is 2.07. The van der Waals surface area contributed by atoms with Crippen LogP contribution in [0.2, 0.25) is 0 Å². The Hall–Kier alpha value is -0.690. The van der Waals surface area contributed by atoms with Gasteiger partial charge in [0.2, 0.25) is 0 Å². The Balaban J connectivity index is 2.34. The van der Waals surface area contributed by atoms with E-state index in [-0.39, 0.29) is 0 Å². The van der Waals surface area contributed by atoms with E-state index in [1.54, 1.807) is 7.11 Å². The van der Waals surface area contributed by atoms with E-state index in [0.29, 0.717) is 5.92 Å². The van der Waals surface area contributed by atoms with E-state index in [4.69, 9.17) is 4.74 Å². The quantitative estimate of drug-likeness (QED) is 0.550. The van der Waals surface area contributed by atoms with Gasteiger partial charge in [0.1, 0.15) is 0 Å². The first-order chi connectivity index (χ1) is 5.43. The monoisotopic (exact) mass is 151 g/mol. The zero-order valence-corrected chi connectivity index (χ0v) is 6.99. The lowest BCUT2D eigenvalue weighted by Gasteiger charge is -2.06. The number of ether oxygens (including phenoxy) is 1. The summed E-state index contributed by atoms with van der Waals surface area (Å²) in [5, 5.41) is 0. The second-order valence-corrected chi connectivity index (χ2v) is 2.80. The summed E-state index contributed by atoms with van der Waals surface area (Å²) in [5.74, 6) is 0.598. The van der Waals surface area contributed by atoms with Gasteiger partial charge in [-0.1, -0.05) is 0 Å². The van der Waals surface area contributed by atoms with Crippen molar-refractivity contribution in [2.45, 2.75) is 12.8 Å². The molecule has 0 bridgehead atoms. The summed E-state index contributed by atoms with van der Waals surface area (Å²) in [6, 6.07) is 0. The van der Waals surface area contributed by atoms with E-state index in [0.717, 1.165) is 13.0 Å².